The van der Waals surface area contributed by atoms with Crippen molar-refractivity contribution in [3.8, 4) is 0 Å². The second-order valence-electron chi connectivity index (χ2n) is 3.41. The van der Waals surface area contributed by atoms with Crippen LogP contribution in [-0.2, 0) is 0 Å². The summed E-state index contributed by atoms with van der Waals surface area (Å²) in [4.78, 5) is 16.0. The summed E-state index contributed by atoms with van der Waals surface area (Å²) < 4.78 is 0. The van der Waals surface area contributed by atoms with Crippen LogP contribution in [0.3, 0.4) is 0 Å². The van der Waals surface area contributed by atoms with E-state index < -0.39 is 0 Å². The lowest BCUT2D eigenvalue weighted by Gasteiger charge is -2.00. The molecular weight excluding hydrogens is 186 g/mol. The molecule has 0 aliphatic rings. The summed E-state index contributed by atoms with van der Waals surface area (Å²) >= 11 is 0. The van der Waals surface area contributed by atoms with Crippen molar-refractivity contribution in [1.29, 1.82) is 0 Å². The van der Waals surface area contributed by atoms with Crippen molar-refractivity contribution in [2.75, 3.05) is 0 Å². The monoisotopic (exact) mass is 197 g/mol. The van der Waals surface area contributed by atoms with Crippen LogP contribution in [0.4, 0.5) is 0 Å². The molecule has 15 heavy (non-hydrogen) atoms. The van der Waals surface area contributed by atoms with E-state index in [1.165, 1.54) is 0 Å². The van der Waals surface area contributed by atoms with Crippen molar-refractivity contribution in [2.45, 2.75) is 6.92 Å². The second-order valence-corrected chi connectivity index (χ2v) is 3.41. The number of nitrogens with zero attached hydrogens (tertiary/aromatic N) is 1. The zero-order valence-corrected chi connectivity index (χ0v) is 8.47. The number of benzene rings is 1. The van der Waals surface area contributed by atoms with Crippen molar-refractivity contribution in [3.63, 3.8) is 0 Å². The first-order valence-corrected chi connectivity index (χ1v) is 4.80. The Kier molecular flexibility index (Phi) is 2.59. The van der Waals surface area contributed by atoms with Gasteiger partial charge in [-0.25, -0.2) is 0 Å². The highest BCUT2D eigenvalue weighted by atomic mass is 16.1. The summed E-state index contributed by atoms with van der Waals surface area (Å²) in [5, 5.41) is 0. The minimum Gasteiger partial charge on any atom is -0.287 e. The topological polar surface area (TPSA) is 30.0 Å². The van der Waals surface area contributed by atoms with E-state index in [0.717, 1.165) is 5.56 Å². The minimum atomic E-state index is -0.0284. The van der Waals surface area contributed by atoms with Crippen LogP contribution >= 0.6 is 0 Å². The number of hydrogen-bond acceptors (Lipinski definition) is 2. The summed E-state index contributed by atoms with van der Waals surface area (Å²) in [7, 11) is 0. The van der Waals surface area contributed by atoms with Gasteiger partial charge in [-0.3, -0.25) is 9.78 Å². The van der Waals surface area contributed by atoms with Crippen LogP contribution in [0.2, 0.25) is 0 Å². The zero-order chi connectivity index (χ0) is 10.7. The molecule has 0 N–H and O–H groups in total. The standard InChI is InChI=1S/C13H11NO/c1-10-7-8-14-12(9-10)13(15)11-5-3-2-4-6-11/h2-9H,1H3. The van der Waals surface area contributed by atoms with Gasteiger partial charge in [-0.1, -0.05) is 30.3 Å². The molecule has 2 heteroatoms. The van der Waals surface area contributed by atoms with Gasteiger partial charge < -0.3 is 0 Å². The van der Waals surface area contributed by atoms with Gasteiger partial charge in [0, 0.05) is 11.8 Å². The lowest BCUT2D eigenvalue weighted by atomic mass is 10.1. The molecule has 0 saturated carbocycles. The number of aryl methyl sites for hydroxylation is 1. The predicted octanol–water partition coefficient (Wildman–Crippen LogP) is 2.62. The number of hydrogen-bond donors (Lipinski definition) is 0. The average Bonchev–Trinajstić information content (AvgIpc) is 2.29. The fourth-order valence-corrected chi connectivity index (χ4v) is 1.40. The van der Waals surface area contributed by atoms with E-state index in [1.807, 2.05) is 31.2 Å². The molecule has 0 amide bonds. The van der Waals surface area contributed by atoms with Crippen molar-refractivity contribution in [1.82, 2.24) is 4.98 Å². The Morgan fingerprint density at radius 2 is 1.87 bits per heavy atom. The smallest absolute Gasteiger partial charge is 0.211 e. The number of carbonyl (C=O) groups excluding carboxylic acids is 1. The molecule has 0 aliphatic heterocycles. The summed E-state index contributed by atoms with van der Waals surface area (Å²) in [5.74, 6) is -0.0284. The third-order valence-electron chi connectivity index (χ3n) is 2.18. The van der Waals surface area contributed by atoms with Crippen LogP contribution in [0.25, 0.3) is 0 Å². The normalized spacial score (nSPS) is 9.93. The maximum absolute atomic E-state index is 11.9. The first kappa shape index (κ1) is 9.59. The van der Waals surface area contributed by atoms with Crippen LogP contribution in [-0.4, -0.2) is 10.8 Å². The number of aromatic nitrogens is 1. The van der Waals surface area contributed by atoms with E-state index in [-0.39, 0.29) is 5.78 Å². The fraction of sp³-hybridized carbons (Fsp3) is 0.0769. The fourth-order valence-electron chi connectivity index (χ4n) is 1.40. The maximum Gasteiger partial charge on any atom is 0.211 e. The molecule has 0 radical (unpaired) electrons. The van der Waals surface area contributed by atoms with Crippen molar-refractivity contribution >= 4 is 5.78 Å². The van der Waals surface area contributed by atoms with E-state index in [4.69, 9.17) is 0 Å². The molecule has 74 valence electrons. The third kappa shape index (κ3) is 2.10. The van der Waals surface area contributed by atoms with Gasteiger partial charge in [-0.2, -0.15) is 0 Å². The lowest BCUT2D eigenvalue weighted by molar-refractivity contribution is 0.103. The quantitative estimate of drug-likeness (QED) is 0.693. The van der Waals surface area contributed by atoms with Crippen molar-refractivity contribution < 1.29 is 4.79 Å². The highest BCUT2D eigenvalue weighted by molar-refractivity contribution is 6.07. The average molecular weight is 197 g/mol. The molecule has 0 bridgehead atoms. The molecule has 1 aromatic carbocycles. The first-order valence-electron chi connectivity index (χ1n) is 4.80. The Morgan fingerprint density at radius 3 is 2.53 bits per heavy atom. The second kappa shape index (κ2) is 4.05. The molecule has 0 saturated heterocycles. The highest BCUT2D eigenvalue weighted by Gasteiger charge is 2.09. The maximum atomic E-state index is 11.9. The van der Waals surface area contributed by atoms with Crippen molar-refractivity contribution in [2.24, 2.45) is 0 Å². The summed E-state index contributed by atoms with van der Waals surface area (Å²) in [6.07, 6.45) is 1.66. The minimum absolute atomic E-state index is 0.0284. The van der Waals surface area contributed by atoms with Gasteiger partial charge in [-0.15, -0.1) is 0 Å². The first-order chi connectivity index (χ1) is 7.27. The number of pyridine rings is 1. The van der Waals surface area contributed by atoms with E-state index in [1.54, 1.807) is 24.4 Å². The van der Waals surface area contributed by atoms with Crippen LogP contribution < -0.4 is 0 Å². The highest BCUT2D eigenvalue weighted by Crippen LogP contribution is 2.08. The summed E-state index contributed by atoms with van der Waals surface area (Å²) in [5.41, 5.74) is 2.22. The Bertz CT molecular complexity index is 477. The molecule has 1 heterocycles. The molecular formula is C13H11NO. The largest absolute Gasteiger partial charge is 0.287 e. The van der Waals surface area contributed by atoms with Crippen molar-refractivity contribution in [3.05, 3.63) is 65.5 Å². The Balaban J connectivity index is 2.37. The molecule has 2 nitrogen and oxygen atoms in total. The van der Waals surface area contributed by atoms with Gasteiger partial charge in [0.2, 0.25) is 5.78 Å². The van der Waals surface area contributed by atoms with E-state index >= 15 is 0 Å². The van der Waals surface area contributed by atoms with Gasteiger partial charge in [0.25, 0.3) is 0 Å². The van der Waals surface area contributed by atoms with Gasteiger partial charge in [-0.05, 0) is 24.6 Å². The molecule has 1 aromatic heterocycles. The summed E-state index contributed by atoms with van der Waals surface area (Å²) in [6, 6.07) is 12.9. The number of rotatable bonds is 2. The zero-order valence-electron chi connectivity index (χ0n) is 8.47. The Hall–Kier alpha value is -1.96. The molecule has 0 fully saturated rings. The van der Waals surface area contributed by atoms with E-state index in [0.29, 0.717) is 11.3 Å². The van der Waals surface area contributed by atoms with Crippen LogP contribution in [0.1, 0.15) is 21.6 Å². The molecule has 0 spiro atoms. The van der Waals surface area contributed by atoms with Crippen LogP contribution in [0.5, 0.6) is 0 Å². The van der Waals surface area contributed by atoms with E-state index in [9.17, 15) is 4.79 Å². The molecule has 2 rings (SSSR count). The van der Waals surface area contributed by atoms with Gasteiger partial charge in [0.05, 0.1) is 0 Å². The number of carbonyl (C=O) groups is 1. The third-order valence-corrected chi connectivity index (χ3v) is 2.18. The Morgan fingerprint density at radius 1 is 1.13 bits per heavy atom. The molecule has 0 atom stereocenters. The van der Waals surface area contributed by atoms with Gasteiger partial charge >= 0.3 is 0 Å². The molecule has 0 unspecified atom stereocenters. The number of ketones is 1. The van der Waals surface area contributed by atoms with Crippen LogP contribution in [0, 0.1) is 6.92 Å². The van der Waals surface area contributed by atoms with Crippen LogP contribution in [0.15, 0.2) is 48.7 Å². The lowest BCUT2D eigenvalue weighted by Crippen LogP contribution is -2.03. The predicted molar refractivity (Wildman–Crippen MR) is 58.8 cm³/mol. The Labute approximate surface area is 88.6 Å². The van der Waals surface area contributed by atoms with E-state index in [2.05, 4.69) is 4.98 Å². The SMILES string of the molecule is Cc1ccnc(C(=O)c2ccccc2)c1. The van der Waals surface area contributed by atoms with Gasteiger partial charge in [0.1, 0.15) is 5.69 Å². The molecule has 2 aromatic rings. The summed E-state index contributed by atoms with van der Waals surface area (Å²) in [6.45, 7) is 1.95. The molecule has 0 aliphatic carbocycles. The van der Waals surface area contributed by atoms with Gasteiger partial charge in [0.15, 0.2) is 0 Å².